The van der Waals surface area contributed by atoms with Crippen LogP contribution in [0.25, 0.3) is 0 Å². The van der Waals surface area contributed by atoms with E-state index in [1.807, 2.05) is 24.3 Å². The zero-order chi connectivity index (χ0) is 14.4. The van der Waals surface area contributed by atoms with Crippen molar-refractivity contribution in [3.8, 4) is 5.75 Å². The molecule has 0 atom stereocenters. The minimum absolute atomic E-state index is 0.00676. The van der Waals surface area contributed by atoms with Gasteiger partial charge in [0.25, 0.3) is 0 Å². The molecule has 1 aromatic heterocycles. The topological polar surface area (TPSA) is 92.3 Å². The maximum atomic E-state index is 11.5. The molecule has 1 heterocycles. The number of rotatable bonds is 6. The van der Waals surface area contributed by atoms with Crippen LogP contribution in [0, 0.1) is 0 Å². The van der Waals surface area contributed by atoms with Crippen LogP contribution in [0.1, 0.15) is 5.56 Å². The van der Waals surface area contributed by atoms with Crippen molar-refractivity contribution >= 4 is 11.9 Å². The quantitative estimate of drug-likeness (QED) is 0.779. The van der Waals surface area contributed by atoms with E-state index in [4.69, 9.17) is 15.2 Å². The van der Waals surface area contributed by atoms with Gasteiger partial charge in [-0.2, -0.15) is 0 Å². The largest absolute Gasteiger partial charge is 0.497 e. The van der Waals surface area contributed by atoms with Gasteiger partial charge in [-0.05, 0) is 17.7 Å². The lowest BCUT2D eigenvalue weighted by Crippen LogP contribution is -2.15. The number of nitrogen functional groups attached to an aromatic ring is 1. The first-order chi connectivity index (χ1) is 9.67. The number of aromatic nitrogens is 3. The number of hydrogen-bond donors (Lipinski definition) is 1. The number of hydrogen-bond acceptors (Lipinski definition) is 6. The van der Waals surface area contributed by atoms with E-state index in [0.29, 0.717) is 13.0 Å². The fraction of sp³-hybridized carbons (Fsp3) is 0.308. The van der Waals surface area contributed by atoms with Gasteiger partial charge < -0.3 is 15.2 Å². The molecule has 0 bridgehead atoms. The summed E-state index contributed by atoms with van der Waals surface area (Å²) in [5, 5.41) is 3.80. The summed E-state index contributed by atoms with van der Waals surface area (Å²) >= 11 is 0. The highest BCUT2D eigenvalue weighted by molar-refractivity contribution is 5.69. The molecule has 0 aliphatic rings. The van der Waals surface area contributed by atoms with Gasteiger partial charge >= 0.3 is 5.97 Å². The molecule has 1 aromatic carbocycles. The van der Waals surface area contributed by atoms with Crippen molar-refractivity contribution in [1.29, 1.82) is 0 Å². The Labute approximate surface area is 116 Å². The summed E-state index contributed by atoms with van der Waals surface area (Å²) in [5.41, 5.74) is 6.42. The molecule has 0 saturated heterocycles. The van der Waals surface area contributed by atoms with Crippen molar-refractivity contribution in [3.63, 3.8) is 0 Å². The third-order valence-corrected chi connectivity index (χ3v) is 2.66. The first-order valence-electron chi connectivity index (χ1n) is 6.11. The van der Waals surface area contributed by atoms with Crippen molar-refractivity contribution in [1.82, 2.24) is 14.8 Å². The van der Waals surface area contributed by atoms with Crippen LogP contribution in [-0.2, 0) is 22.5 Å². The van der Waals surface area contributed by atoms with Gasteiger partial charge in [0, 0.05) is 6.42 Å². The van der Waals surface area contributed by atoms with Gasteiger partial charge in [0.2, 0.25) is 5.95 Å². The highest BCUT2D eigenvalue weighted by Gasteiger charge is 2.06. The second-order valence-electron chi connectivity index (χ2n) is 4.12. The number of benzene rings is 1. The lowest BCUT2D eigenvalue weighted by atomic mass is 10.1. The van der Waals surface area contributed by atoms with E-state index in [2.05, 4.69) is 10.1 Å². The van der Waals surface area contributed by atoms with Crippen LogP contribution in [0.15, 0.2) is 30.6 Å². The number of nitrogens with zero attached hydrogens (tertiary/aromatic N) is 3. The van der Waals surface area contributed by atoms with Crippen molar-refractivity contribution < 1.29 is 14.3 Å². The van der Waals surface area contributed by atoms with Crippen LogP contribution in [0.2, 0.25) is 0 Å². The molecule has 0 spiro atoms. The average Bonchev–Trinajstić information content (AvgIpc) is 2.85. The summed E-state index contributed by atoms with van der Waals surface area (Å²) in [7, 11) is 1.62. The normalized spacial score (nSPS) is 10.2. The first-order valence-corrected chi connectivity index (χ1v) is 6.11. The average molecular weight is 276 g/mol. The molecule has 7 nitrogen and oxygen atoms in total. The molecule has 2 aromatic rings. The van der Waals surface area contributed by atoms with Gasteiger partial charge in [0.05, 0.1) is 13.7 Å². The van der Waals surface area contributed by atoms with Crippen LogP contribution in [0.3, 0.4) is 0 Å². The van der Waals surface area contributed by atoms with Crippen LogP contribution >= 0.6 is 0 Å². The van der Waals surface area contributed by atoms with Crippen LogP contribution < -0.4 is 10.5 Å². The smallest absolute Gasteiger partial charge is 0.327 e. The lowest BCUT2D eigenvalue weighted by Gasteiger charge is -2.05. The molecule has 0 fully saturated rings. The summed E-state index contributed by atoms with van der Waals surface area (Å²) in [6.45, 7) is 0.322. The van der Waals surface area contributed by atoms with Gasteiger partial charge in [-0.15, -0.1) is 5.10 Å². The molecule has 106 valence electrons. The van der Waals surface area contributed by atoms with E-state index in [0.717, 1.165) is 11.3 Å². The standard InChI is InChI=1S/C13H16N4O3/c1-19-11-4-2-10(3-5-11)6-7-20-12(18)8-17-9-15-13(14)16-17/h2-5,9H,6-8H2,1H3,(H2,14,16). The molecule has 0 aliphatic heterocycles. The van der Waals surface area contributed by atoms with Crippen LogP contribution in [0.5, 0.6) is 5.75 Å². The second kappa shape index (κ2) is 6.55. The van der Waals surface area contributed by atoms with Crippen LogP contribution in [0.4, 0.5) is 5.95 Å². The minimum Gasteiger partial charge on any atom is -0.497 e. The first kappa shape index (κ1) is 13.9. The molecular formula is C13H16N4O3. The second-order valence-corrected chi connectivity index (χ2v) is 4.12. The number of nitrogens with two attached hydrogens (primary N) is 1. The number of methoxy groups -OCH3 is 1. The number of carbonyl (C=O) groups is 1. The monoisotopic (exact) mass is 276 g/mol. The maximum absolute atomic E-state index is 11.5. The van der Waals surface area contributed by atoms with Crippen molar-refractivity contribution in [2.75, 3.05) is 19.5 Å². The molecule has 20 heavy (non-hydrogen) atoms. The highest BCUT2D eigenvalue weighted by Crippen LogP contribution is 2.11. The van der Waals surface area contributed by atoms with Crippen LogP contribution in [-0.4, -0.2) is 34.5 Å². The van der Waals surface area contributed by atoms with E-state index in [1.165, 1.54) is 11.0 Å². The summed E-state index contributed by atoms with van der Waals surface area (Å²) in [4.78, 5) is 15.3. The Morgan fingerprint density at radius 3 is 2.70 bits per heavy atom. The number of anilines is 1. The predicted molar refractivity (Wildman–Crippen MR) is 72.1 cm³/mol. The van der Waals surface area contributed by atoms with Gasteiger partial charge in [-0.1, -0.05) is 12.1 Å². The molecule has 0 radical (unpaired) electrons. The predicted octanol–water partition coefficient (Wildman–Crippen LogP) is 0.655. The zero-order valence-corrected chi connectivity index (χ0v) is 11.2. The molecule has 0 saturated carbocycles. The number of esters is 1. The van der Waals surface area contributed by atoms with Gasteiger partial charge in [-0.25, -0.2) is 9.67 Å². The Morgan fingerprint density at radius 2 is 2.10 bits per heavy atom. The van der Waals surface area contributed by atoms with E-state index >= 15 is 0 Å². The third kappa shape index (κ3) is 3.98. The number of carbonyl (C=O) groups excluding carboxylic acids is 1. The zero-order valence-electron chi connectivity index (χ0n) is 11.2. The Morgan fingerprint density at radius 1 is 1.35 bits per heavy atom. The molecule has 2 N–H and O–H groups in total. The van der Waals surface area contributed by atoms with E-state index in [1.54, 1.807) is 7.11 Å². The Kier molecular flexibility index (Phi) is 4.54. The fourth-order valence-electron chi connectivity index (χ4n) is 1.64. The molecule has 2 rings (SSSR count). The maximum Gasteiger partial charge on any atom is 0.327 e. The van der Waals surface area contributed by atoms with Crippen molar-refractivity contribution in [3.05, 3.63) is 36.2 Å². The SMILES string of the molecule is COc1ccc(CCOC(=O)Cn2cnc(N)n2)cc1. The van der Waals surface area contributed by atoms with E-state index in [9.17, 15) is 4.79 Å². The Balaban J connectivity index is 1.73. The Hall–Kier alpha value is -2.57. The minimum atomic E-state index is -0.372. The van der Waals surface area contributed by atoms with Crippen molar-refractivity contribution in [2.45, 2.75) is 13.0 Å². The molecular weight excluding hydrogens is 260 g/mol. The molecule has 7 heteroatoms. The molecule has 0 amide bonds. The Bertz CT molecular complexity index is 565. The summed E-state index contributed by atoms with van der Waals surface area (Å²) in [6.07, 6.45) is 2.04. The summed E-state index contributed by atoms with van der Waals surface area (Å²) in [6, 6.07) is 7.61. The highest BCUT2D eigenvalue weighted by atomic mass is 16.5. The van der Waals surface area contributed by atoms with E-state index < -0.39 is 0 Å². The van der Waals surface area contributed by atoms with Crippen molar-refractivity contribution in [2.24, 2.45) is 0 Å². The lowest BCUT2D eigenvalue weighted by molar-refractivity contribution is -0.144. The molecule has 0 unspecified atom stereocenters. The van der Waals surface area contributed by atoms with Gasteiger partial charge in [0.15, 0.2) is 0 Å². The number of ether oxygens (including phenoxy) is 2. The third-order valence-electron chi connectivity index (χ3n) is 2.66. The van der Waals surface area contributed by atoms with E-state index in [-0.39, 0.29) is 18.5 Å². The summed E-state index contributed by atoms with van der Waals surface area (Å²) in [5.74, 6) is 0.564. The van der Waals surface area contributed by atoms with Gasteiger partial charge in [-0.3, -0.25) is 4.79 Å². The molecule has 0 aliphatic carbocycles. The van der Waals surface area contributed by atoms with Gasteiger partial charge in [0.1, 0.15) is 18.6 Å². The summed E-state index contributed by atoms with van der Waals surface area (Å²) < 4.78 is 11.5. The fourth-order valence-corrected chi connectivity index (χ4v) is 1.64.